The van der Waals surface area contributed by atoms with Gasteiger partial charge < -0.3 is 20.8 Å². The number of carbonyl (C=O) groups is 1. The first kappa shape index (κ1) is 13.4. The molecule has 5 nitrogen and oxygen atoms in total. The number of hydrogen-bond acceptors (Lipinski definition) is 4. The number of aliphatic hydroxyl groups excluding tert-OH is 2. The fourth-order valence-corrected chi connectivity index (χ4v) is 1.77. The van der Waals surface area contributed by atoms with Crippen LogP contribution in [-0.2, 0) is 4.79 Å². The lowest BCUT2D eigenvalue weighted by atomic mass is 10.0. The second-order valence-electron chi connectivity index (χ2n) is 4.72. The van der Waals surface area contributed by atoms with Crippen LogP contribution in [0.4, 0.5) is 0 Å². The molecule has 1 heterocycles. The number of rotatable bonds is 4. The van der Waals surface area contributed by atoms with Gasteiger partial charge in [-0.3, -0.25) is 4.79 Å². The van der Waals surface area contributed by atoms with Crippen LogP contribution in [0.1, 0.15) is 32.6 Å². The molecular weight excluding hydrogens is 208 g/mol. The highest BCUT2D eigenvalue weighted by Crippen LogP contribution is 2.10. The third-order valence-corrected chi connectivity index (χ3v) is 3.00. The first-order valence-electron chi connectivity index (χ1n) is 5.88. The third-order valence-electron chi connectivity index (χ3n) is 3.00. The van der Waals surface area contributed by atoms with E-state index in [2.05, 4.69) is 10.6 Å². The molecule has 0 aromatic heterocycles. The van der Waals surface area contributed by atoms with Crippen molar-refractivity contribution in [1.82, 2.24) is 10.6 Å². The maximum absolute atomic E-state index is 11.9. The lowest BCUT2D eigenvalue weighted by Crippen LogP contribution is -2.56. The molecule has 0 bridgehead atoms. The topological polar surface area (TPSA) is 81.6 Å². The van der Waals surface area contributed by atoms with Gasteiger partial charge in [0.25, 0.3) is 0 Å². The van der Waals surface area contributed by atoms with Gasteiger partial charge in [0, 0.05) is 0 Å². The molecule has 0 radical (unpaired) electrons. The molecule has 0 aromatic rings. The monoisotopic (exact) mass is 230 g/mol. The van der Waals surface area contributed by atoms with Gasteiger partial charge in [0.05, 0.1) is 24.8 Å². The highest BCUT2D eigenvalue weighted by atomic mass is 16.3. The SMILES string of the molecule is CC(CO)(CO)NC(=O)C1CCCCCN1. The zero-order valence-electron chi connectivity index (χ0n) is 9.83. The first-order chi connectivity index (χ1) is 7.61. The van der Waals surface area contributed by atoms with Gasteiger partial charge in [-0.2, -0.15) is 0 Å². The van der Waals surface area contributed by atoms with Gasteiger partial charge in [0.2, 0.25) is 5.91 Å². The minimum absolute atomic E-state index is 0.132. The maximum Gasteiger partial charge on any atom is 0.237 e. The van der Waals surface area contributed by atoms with Crippen LogP contribution >= 0.6 is 0 Å². The summed E-state index contributed by atoms with van der Waals surface area (Å²) in [6, 6.07) is -0.195. The second-order valence-corrected chi connectivity index (χ2v) is 4.72. The summed E-state index contributed by atoms with van der Waals surface area (Å²) in [6.07, 6.45) is 4.11. The molecule has 0 spiro atoms. The molecule has 1 saturated heterocycles. The predicted molar refractivity (Wildman–Crippen MR) is 61.0 cm³/mol. The van der Waals surface area contributed by atoms with Crippen LogP contribution in [0.3, 0.4) is 0 Å². The second kappa shape index (κ2) is 6.18. The van der Waals surface area contributed by atoms with Crippen molar-refractivity contribution in [2.24, 2.45) is 0 Å². The molecule has 1 aliphatic heterocycles. The molecule has 0 aromatic carbocycles. The summed E-state index contributed by atoms with van der Waals surface area (Å²) in [5.74, 6) is -0.132. The van der Waals surface area contributed by atoms with E-state index in [9.17, 15) is 4.79 Å². The van der Waals surface area contributed by atoms with Crippen LogP contribution in [-0.4, -0.2) is 47.5 Å². The lowest BCUT2D eigenvalue weighted by Gasteiger charge is -2.28. The van der Waals surface area contributed by atoms with Gasteiger partial charge in [0.1, 0.15) is 0 Å². The van der Waals surface area contributed by atoms with E-state index >= 15 is 0 Å². The van der Waals surface area contributed by atoms with Crippen LogP contribution in [0, 0.1) is 0 Å². The molecule has 0 aliphatic carbocycles. The molecule has 1 fully saturated rings. The average molecular weight is 230 g/mol. The minimum Gasteiger partial charge on any atom is -0.394 e. The summed E-state index contributed by atoms with van der Waals surface area (Å²) < 4.78 is 0. The van der Waals surface area contributed by atoms with E-state index in [0.717, 1.165) is 32.2 Å². The molecule has 5 heteroatoms. The van der Waals surface area contributed by atoms with Gasteiger partial charge in [0.15, 0.2) is 0 Å². The van der Waals surface area contributed by atoms with Gasteiger partial charge in [-0.25, -0.2) is 0 Å². The van der Waals surface area contributed by atoms with Crippen LogP contribution in [0.5, 0.6) is 0 Å². The molecular formula is C11H22N2O3. The highest BCUT2D eigenvalue weighted by Gasteiger charge is 2.28. The Morgan fingerprint density at radius 2 is 2.06 bits per heavy atom. The summed E-state index contributed by atoms with van der Waals surface area (Å²) in [6.45, 7) is 1.96. The van der Waals surface area contributed by atoms with Crippen molar-refractivity contribution < 1.29 is 15.0 Å². The zero-order chi connectivity index (χ0) is 12.0. The van der Waals surface area contributed by atoms with Crippen LogP contribution in [0.25, 0.3) is 0 Å². The van der Waals surface area contributed by atoms with Crippen molar-refractivity contribution in [3.8, 4) is 0 Å². The Bertz CT molecular complexity index is 221. The molecule has 0 saturated carbocycles. The van der Waals surface area contributed by atoms with E-state index in [0.29, 0.717) is 0 Å². The summed E-state index contributed by atoms with van der Waals surface area (Å²) in [5.41, 5.74) is -0.926. The fourth-order valence-electron chi connectivity index (χ4n) is 1.77. The maximum atomic E-state index is 11.9. The fraction of sp³-hybridized carbons (Fsp3) is 0.909. The van der Waals surface area contributed by atoms with E-state index in [4.69, 9.17) is 10.2 Å². The van der Waals surface area contributed by atoms with Crippen LogP contribution in [0.15, 0.2) is 0 Å². The summed E-state index contributed by atoms with van der Waals surface area (Å²) in [7, 11) is 0. The van der Waals surface area contributed by atoms with E-state index < -0.39 is 5.54 Å². The van der Waals surface area contributed by atoms with Gasteiger partial charge in [-0.15, -0.1) is 0 Å². The molecule has 1 aliphatic rings. The third kappa shape index (κ3) is 3.73. The number of hydrogen-bond donors (Lipinski definition) is 4. The number of carbonyl (C=O) groups excluding carboxylic acids is 1. The summed E-state index contributed by atoms with van der Waals surface area (Å²) >= 11 is 0. The first-order valence-corrected chi connectivity index (χ1v) is 5.88. The average Bonchev–Trinajstić information content (AvgIpc) is 2.57. The van der Waals surface area contributed by atoms with Gasteiger partial charge in [-0.05, 0) is 26.3 Å². The van der Waals surface area contributed by atoms with Gasteiger partial charge >= 0.3 is 0 Å². The normalized spacial score (nSPS) is 22.6. The van der Waals surface area contributed by atoms with Crippen LogP contribution in [0.2, 0.25) is 0 Å². The van der Waals surface area contributed by atoms with Crippen molar-refractivity contribution in [3.05, 3.63) is 0 Å². The van der Waals surface area contributed by atoms with Crippen molar-refractivity contribution in [2.75, 3.05) is 19.8 Å². The van der Waals surface area contributed by atoms with Crippen LogP contribution < -0.4 is 10.6 Å². The number of aliphatic hydroxyl groups is 2. The Balaban J connectivity index is 2.49. The Kier molecular flexibility index (Phi) is 5.18. The molecule has 94 valence electrons. The molecule has 4 N–H and O–H groups in total. The zero-order valence-corrected chi connectivity index (χ0v) is 9.83. The molecule has 1 rings (SSSR count). The Labute approximate surface area is 96.2 Å². The van der Waals surface area contributed by atoms with Crippen molar-refractivity contribution in [1.29, 1.82) is 0 Å². The molecule has 1 atom stereocenters. The Hall–Kier alpha value is -0.650. The van der Waals surface area contributed by atoms with E-state index in [1.807, 2.05) is 0 Å². The van der Waals surface area contributed by atoms with Crippen molar-refractivity contribution in [3.63, 3.8) is 0 Å². The van der Waals surface area contributed by atoms with E-state index in [-0.39, 0.29) is 25.2 Å². The highest BCUT2D eigenvalue weighted by molar-refractivity contribution is 5.82. The van der Waals surface area contributed by atoms with E-state index in [1.165, 1.54) is 0 Å². The number of nitrogens with one attached hydrogen (secondary N) is 2. The smallest absolute Gasteiger partial charge is 0.237 e. The van der Waals surface area contributed by atoms with Crippen molar-refractivity contribution >= 4 is 5.91 Å². The van der Waals surface area contributed by atoms with Crippen molar-refractivity contribution in [2.45, 2.75) is 44.2 Å². The molecule has 16 heavy (non-hydrogen) atoms. The summed E-state index contributed by atoms with van der Waals surface area (Å²) in [5, 5.41) is 24.1. The van der Waals surface area contributed by atoms with Gasteiger partial charge in [-0.1, -0.05) is 12.8 Å². The molecule has 1 unspecified atom stereocenters. The molecule has 1 amide bonds. The van der Waals surface area contributed by atoms with E-state index in [1.54, 1.807) is 6.92 Å². The Morgan fingerprint density at radius 3 is 2.69 bits per heavy atom. The minimum atomic E-state index is -0.926. The predicted octanol–water partition coefficient (Wildman–Crippen LogP) is -0.622. The number of amides is 1. The largest absolute Gasteiger partial charge is 0.394 e. The quantitative estimate of drug-likeness (QED) is 0.519. The summed E-state index contributed by atoms with van der Waals surface area (Å²) in [4.78, 5) is 11.9. The standard InChI is InChI=1S/C11H22N2O3/c1-11(7-14,8-15)13-10(16)9-5-3-2-4-6-12-9/h9,12,14-15H,2-8H2,1H3,(H,13,16). The lowest BCUT2D eigenvalue weighted by molar-refractivity contribution is -0.126. The Morgan fingerprint density at radius 1 is 1.38 bits per heavy atom.